The zero-order valence-electron chi connectivity index (χ0n) is 15.2. The van der Waals surface area contributed by atoms with Crippen LogP contribution in [0.1, 0.15) is 17.0 Å². The topological polar surface area (TPSA) is 98.6 Å². The maximum atomic E-state index is 11.8. The summed E-state index contributed by atoms with van der Waals surface area (Å²) >= 11 is 7.28. The van der Waals surface area contributed by atoms with E-state index < -0.39 is 5.63 Å². The number of nitrogens with zero attached hydrogens (tertiary/aromatic N) is 2. The molecule has 7 nitrogen and oxygen atoms in total. The van der Waals surface area contributed by atoms with Gasteiger partial charge in [0, 0.05) is 28.8 Å². The molecule has 0 atom stereocenters. The second-order valence-corrected chi connectivity index (χ2v) is 7.46. The number of hydrogen-bond acceptors (Lipinski definition) is 8. The summed E-state index contributed by atoms with van der Waals surface area (Å²) in [4.78, 5) is 11.8. The van der Waals surface area contributed by atoms with Gasteiger partial charge in [-0.15, -0.1) is 10.2 Å². The molecule has 0 fully saturated rings. The summed E-state index contributed by atoms with van der Waals surface area (Å²) < 4.78 is 16.2. The van der Waals surface area contributed by atoms with Crippen molar-refractivity contribution in [1.29, 1.82) is 0 Å². The minimum absolute atomic E-state index is 0.148. The molecule has 0 spiro atoms. The van der Waals surface area contributed by atoms with E-state index in [1.165, 1.54) is 23.9 Å². The molecule has 0 bridgehead atoms. The lowest BCUT2D eigenvalue weighted by molar-refractivity contribution is 0.400. The van der Waals surface area contributed by atoms with Gasteiger partial charge in [-0.2, -0.15) is 0 Å². The molecule has 0 radical (unpaired) electrons. The minimum atomic E-state index is -0.516. The van der Waals surface area contributed by atoms with Gasteiger partial charge in [-0.25, -0.2) is 4.79 Å². The molecule has 1 N–H and O–H groups in total. The van der Waals surface area contributed by atoms with E-state index in [1.54, 1.807) is 13.2 Å². The maximum Gasteiger partial charge on any atom is 0.336 e. The summed E-state index contributed by atoms with van der Waals surface area (Å²) in [6.07, 6.45) is 0.449. The Morgan fingerprint density at radius 2 is 1.97 bits per heavy atom. The van der Waals surface area contributed by atoms with Gasteiger partial charge >= 0.3 is 5.63 Å². The molecule has 0 saturated carbocycles. The number of hydrogen-bond donors (Lipinski definition) is 1. The van der Waals surface area contributed by atoms with Crippen LogP contribution in [0, 0.1) is 0 Å². The molecule has 2 aromatic carbocycles. The largest absolute Gasteiger partial charge is 0.506 e. The number of thioether (sulfide) groups is 1. The lowest BCUT2D eigenvalue weighted by Crippen LogP contribution is -2.00. The van der Waals surface area contributed by atoms with E-state index >= 15 is 0 Å². The normalized spacial score (nSPS) is 11.1. The first-order chi connectivity index (χ1) is 14.0. The van der Waals surface area contributed by atoms with Gasteiger partial charge in [-0.05, 0) is 17.7 Å². The summed E-state index contributed by atoms with van der Waals surface area (Å²) in [6.45, 7) is 0. The number of ether oxygens (including phenoxy) is 1. The Morgan fingerprint density at radius 1 is 1.14 bits per heavy atom. The number of rotatable bonds is 6. The van der Waals surface area contributed by atoms with E-state index in [-0.39, 0.29) is 16.4 Å². The van der Waals surface area contributed by atoms with Crippen LogP contribution in [0.25, 0.3) is 11.0 Å². The maximum absolute atomic E-state index is 11.8. The third kappa shape index (κ3) is 4.23. The third-order valence-corrected chi connectivity index (χ3v) is 5.40. The van der Waals surface area contributed by atoms with Gasteiger partial charge in [0.05, 0.1) is 18.6 Å². The highest BCUT2D eigenvalue weighted by molar-refractivity contribution is 7.98. The molecule has 0 aliphatic heterocycles. The lowest BCUT2D eigenvalue weighted by Gasteiger charge is -2.06. The van der Waals surface area contributed by atoms with E-state index in [9.17, 15) is 9.90 Å². The number of phenolic OH excluding ortho intramolecular Hbond substituents is 1. The zero-order valence-corrected chi connectivity index (χ0v) is 16.8. The van der Waals surface area contributed by atoms with Crippen LogP contribution in [-0.4, -0.2) is 22.4 Å². The molecule has 0 saturated heterocycles. The minimum Gasteiger partial charge on any atom is -0.506 e. The van der Waals surface area contributed by atoms with Crippen molar-refractivity contribution in [3.63, 3.8) is 0 Å². The molecule has 0 aliphatic rings. The fourth-order valence-corrected chi connectivity index (χ4v) is 3.81. The van der Waals surface area contributed by atoms with E-state index in [0.717, 1.165) is 11.3 Å². The van der Waals surface area contributed by atoms with Crippen molar-refractivity contribution in [3.05, 3.63) is 74.9 Å². The van der Waals surface area contributed by atoms with Crippen molar-refractivity contribution in [2.45, 2.75) is 17.4 Å². The van der Waals surface area contributed by atoms with Crippen molar-refractivity contribution in [1.82, 2.24) is 10.2 Å². The van der Waals surface area contributed by atoms with Gasteiger partial charge in [0.1, 0.15) is 17.1 Å². The van der Waals surface area contributed by atoms with Crippen LogP contribution in [0.2, 0.25) is 5.02 Å². The molecule has 2 heterocycles. The second kappa shape index (κ2) is 8.18. The number of benzene rings is 2. The van der Waals surface area contributed by atoms with Crippen LogP contribution in [0.5, 0.6) is 11.5 Å². The third-order valence-electron chi connectivity index (χ3n) is 4.23. The SMILES string of the molecule is COc1ccccc1Cc1nnc(SCc2cc(=O)oc3cc(O)c(Cl)cc23)o1. The molecule has 9 heteroatoms. The molecule has 0 aliphatic carbocycles. The number of aromatic hydroxyl groups is 1. The Balaban J connectivity index is 1.53. The molecule has 148 valence electrons. The summed E-state index contributed by atoms with van der Waals surface area (Å²) in [5.41, 5.74) is 1.37. The van der Waals surface area contributed by atoms with Gasteiger partial charge in [-0.1, -0.05) is 41.6 Å². The number of halogens is 1. The predicted octanol–water partition coefficient (Wildman–Crippen LogP) is 4.43. The first kappa shape index (κ1) is 19.4. The lowest BCUT2D eigenvalue weighted by atomic mass is 10.1. The number of fused-ring (bicyclic) bond motifs is 1. The molecule has 4 rings (SSSR count). The molecular formula is C20H15ClN2O5S. The molecule has 2 aromatic heterocycles. The van der Waals surface area contributed by atoms with Crippen LogP contribution in [-0.2, 0) is 12.2 Å². The summed E-state index contributed by atoms with van der Waals surface area (Å²) in [5, 5.41) is 19.0. The Kier molecular flexibility index (Phi) is 5.46. The van der Waals surface area contributed by atoms with Crippen LogP contribution < -0.4 is 10.4 Å². The molecule has 4 aromatic rings. The average Bonchev–Trinajstić information content (AvgIpc) is 3.15. The van der Waals surface area contributed by atoms with Crippen molar-refractivity contribution in [2.24, 2.45) is 0 Å². The monoisotopic (exact) mass is 430 g/mol. The fourth-order valence-electron chi connectivity index (χ4n) is 2.87. The Hall–Kier alpha value is -2.97. The Morgan fingerprint density at radius 3 is 2.79 bits per heavy atom. The zero-order chi connectivity index (χ0) is 20.4. The van der Waals surface area contributed by atoms with Gasteiger partial charge in [0.2, 0.25) is 5.89 Å². The van der Waals surface area contributed by atoms with Crippen molar-refractivity contribution in [2.75, 3.05) is 7.11 Å². The van der Waals surface area contributed by atoms with E-state index in [4.69, 9.17) is 25.2 Å². The number of phenols is 1. The van der Waals surface area contributed by atoms with Crippen LogP contribution >= 0.6 is 23.4 Å². The average molecular weight is 431 g/mol. The van der Waals surface area contributed by atoms with Crippen LogP contribution in [0.3, 0.4) is 0 Å². The van der Waals surface area contributed by atoms with E-state index in [2.05, 4.69) is 10.2 Å². The molecule has 0 amide bonds. The van der Waals surface area contributed by atoms with Crippen molar-refractivity contribution in [3.8, 4) is 11.5 Å². The fraction of sp³-hybridized carbons (Fsp3) is 0.150. The first-order valence-corrected chi connectivity index (χ1v) is 9.92. The van der Waals surface area contributed by atoms with Gasteiger partial charge in [0.15, 0.2) is 0 Å². The standard InChI is InChI=1S/C20H15ClN2O5S/c1-26-16-5-3-2-4-11(16)6-18-22-23-20(28-18)29-10-12-7-19(25)27-17-9-15(24)14(21)8-13(12)17/h2-5,7-9,24H,6,10H2,1H3. The summed E-state index contributed by atoms with van der Waals surface area (Å²) in [5.74, 6) is 1.45. The van der Waals surface area contributed by atoms with E-state index in [1.807, 2.05) is 24.3 Å². The first-order valence-electron chi connectivity index (χ1n) is 8.56. The van der Waals surface area contributed by atoms with Crippen LogP contribution in [0.15, 0.2) is 61.3 Å². The number of methoxy groups -OCH3 is 1. The predicted molar refractivity (Wildman–Crippen MR) is 109 cm³/mol. The quantitative estimate of drug-likeness (QED) is 0.354. The van der Waals surface area contributed by atoms with Crippen molar-refractivity contribution >= 4 is 34.3 Å². The summed E-state index contributed by atoms with van der Waals surface area (Å²) in [6, 6.07) is 11.9. The smallest absolute Gasteiger partial charge is 0.336 e. The Bertz CT molecular complexity index is 1240. The van der Waals surface area contributed by atoms with Crippen LogP contribution in [0.4, 0.5) is 0 Å². The van der Waals surface area contributed by atoms with Gasteiger partial charge in [-0.3, -0.25) is 0 Å². The summed E-state index contributed by atoms with van der Waals surface area (Å²) in [7, 11) is 1.61. The van der Waals surface area contributed by atoms with E-state index in [0.29, 0.717) is 34.2 Å². The second-order valence-electron chi connectivity index (χ2n) is 6.13. The van der Waals surface area contributed by atoms with Gasteiger partial charge in [0.25, 0.3) is 5.22 Å². The van der Waals surface area contributed by atoms with Gasteiger partial charge < -0.3 is 18.7 Å². The highest BCUT2D eigenvalue weighted by Gasteiger charge is 2.14. The highest BCUT2D eigenvalue weighted by atomic mass is 35.5. The molecular weight excluding hydrogens is 416 g/mol. The Labute approximate surface area is 174 Å². The molecule has 29 heavy (non-hydrogen) atoms. The highest BCUT2D eigenvalue weighted by Crippen LogP contribution is 2.32. The van der Waals surface area contributed by atoms with Crippen molar-refractivity contribution < 1.29 is 18.7 Å². The molecule has 0 unspecified atom stereocenters. The number of para-hydroxylation sites is 1. The number of aromatic nitrogens is 2.